The SMILES string of the molecule is CC1(C)c2cc(C3c4ccccc4-c4ccccc43)ccc2-c2cc3c(cc21)-c1ccccc1S3(=O)=O. The van der Waals surface area contributed by atoms with Gasteiger partial charge in [-0.25, -0.2) is 8.42 Å². The van der Waals surface area contributed by atoms with Crippen molar-refractivity contribution in [3.8, 4) is 33.4 Å². The Bertz CT molecular complexity index is 1880. The second-order valence-corrected chi connectivity index (χ2v) is 12.8. The third-order valence-corrected chi connectivity index (χ3v) is 10.6. The summed E-state index contributed by atoms with van der Waals surface area (Å²) in [6.07, 6.45) is 0. The predicted molar refractivity (Wildman–Crippen MR) is 148 cm³/mol. The van der Waals surface area contributed by atoms with E-state index in [2.05, 4.69) is 86.6 Å². The Morgan fingerprint density at radius 3 is 1.84 bits per heavy atom. The fraction of sp³-hybridized carbons (Fsp3) is 0.118. The van der Waals surface area contributed by atoms with Gasteiger partial charge in [-0.15, -0.1) is 0 Å². The molecular weight excluding hydrogens is 472 g/mol. The molecule has 8 rings (SSSR count). The molecule has 178 valence electrons. The Hall–Kier alpha value is -3.95. The van der Waals surface area contributed by atoms with Crippen molar-refractivity contribution in [2.24, 2.45) is 0 Å². The highest BCUT2D eigenvalue weighted by molar-refractivity contribution is 7.92. The Morgan fingerprint density at radius 2 is 1.14 bits per heavy atom. The summed E-state index contributed by atoms with van der Waals surface area (Å²) in [7, 11) is -3.51. The first-order valence-corrected chi connectivity index (χ1v) is 14.2. The molecule has 2 nitrogen and oxygen atoms in total. The van der Waals surface area contributed by atoms with Crippen molar-refractivity contribution in [2.75, 3.05) is 0 Å². The molecule has 2 aliphatic carbocycles. The molecule has 0 saturated heterocycles. The average Bonchev–Trinajstić information content (AvgIpc) is 3.45. The standard InChI is InChI=1S/C34H24O2S/c1-34(2)29-17-20(33-25-12-5-3-9-21(25)22-10-4-6-13-26(22)33)15-16-23(29)27-19-32-28(18-30(27)34)24-11-7-8-14-31(24)37(32,35)36/h3-19,33H,1-2H3. The molecule has 0 amide bonds. The molecule has 1 heterocycles. The van der Waals surface area contributed by atoms with Crippen LogP contribution in [0.15, 0.2) is 113 Å². The van der Waals surface area contributed by atoms with Crippen molar-refractivity contribution in [2.45, 2.75) is 35.0 Å². The van der Waals surface area contributed by atoms with Gasteiger partial charge in [0, 0.05) is 22.5 Å². The minimum atomic E-state index is -3.51. The van der Waals surface area contributed by atoms with Gasteiger partial charge in [0.2, 0.25) is 9.84 Å². The fourth-order valence-corrected chi connectivity index (χ4v) is 8.64. The maximum Gasteiger partial charge on any atom is 0.207 e. The van der Waals surface area contributed by atoms with Crippen molar-refractivity contribution < 1.29 is 8.42 Å². The third kappa shape index (κ3) is 2.57. The predicted octanol–water partition coefficient (Wildman–Crippen LogP) is 7.97. The summed E-state index contributed by atoms with van der Waals surface area (Å²) in [4.78, 5) is 0.847. The number of hydrogen-bond donors (Lipinski definition) is 0. The smallest absolute Gasteiger partial charge is 0.207 e. The zero-order valence-electron chi connectivity index (χ0n) is 20.6. The summed E-state index contributed by atoms with van der Waals surface area (Å²) in [5, 5.41) is 0. The Morgan fingerprint density at radius 1 is 0.541 bits per heavy atom. The molecular formula is C34H24O2S. The molecule has 0 radical (unpaired) electrons. The van der Waals surface area contributed by atoms with Crippen LogP contribution in [0.3, 0.4) is 0 Å². The number of fused-ring (bicyclic) bond motifs is 9. The van der Waals surface area contributed by atoms with E-state index < -0.39 is 9.84 Å². The van der Waals surface area contributed by atoms with Gasteiger partial charge in [-0.2, -0.15) is 0 Å². The average molecular weight is 497 g/mol. The molecule has 5 aromatic carbocycles. The van der Waals surface area contributed by atoms with E-state index in [1.807, 2.05) is 18.2 Å². The lowest BCUT2D eigenvalue weighted by atomic mass is 9.79. The maximum absolute atomic E-state index is 13.4. The van der Waals surface area contributed by atoms with E-state index in [1.54, 1.807) is 12.1 Å². The second-order valence-electron chi connectivity index (χ2n) is 10.9. The number of benzene rings is 5. The van der Waals surface area contributed by atoms with Crippen LogP contribution in [-0.2, 0) is 15.3 Å². The zero-order valence-corrected chi connectivity index (χ0v) is 21.4. The molecule has 0 bridgehead atoms. The van der Waals surface area contributed by atoms with Crippen LogP contribution >= 0.6 is 0 Å². The topological polar surface area (TPSA) is 34.1 Å². The lowest BCUT2D eigenvalue weighted by Gasteiger charge is -2.24. The fourth-order valence-electron chi connectivity index (χ4n) is 6.95. The number of hydrogen-bond acceptors (Lipinski definition) is 2. The Balaban J connectivity index is 1.33. The summed E-state index contributed by atoms with van der Waals surface area (Å²) >= 11 is 0. The van der Waals surface area contributed by atoms with Crippen LogP contribution in [0.2, 0.25) is 0 Å². The van der Waals surface area contributed by atoms with Gasteiger partial charge in [0.25, 0.3) is 0 Å². The lowest BCUT2D eigenvalue weighted by Crippen LogP contribution is -2.16. The summed E-state index contributed by atoms with van der Waals surface area (Å²) in [6, 6.07) is 35.7. The van der Waals surface area contributed by atoms with Crippen LogP contribution in [0.25, 0.3) is 33.4 Å². The van der Waals surface area contributed by atoms with E-state index in [9.17, 15) is 8.42 Å². The van der Waals surface area contributed by atoms with Crippen LogP contribution in [0.5, 0.6) is 0 Å². The molecule has 0 atom stereocenters. The minimum Gasteiger partial charge on any atom is -0.218 e. The molecule has 0 saturated carbocycles. The number of rotatable bonds is 1. The van der Waals surface area contributed by atoms with E-state index in [0.29, 0.717) is 9.79 Å². The highest BCUT2D eigenvalue weighted by Gasteiger charge is 2.41. The molecule has 5 aromatic rings. The van der Waals surface area contributed by atoms with Crippen LogP contribution < -0.4 is 0 Å². The number of sulfone groups is 1. The molecule has 0 unspecified atom stereocenters. The van der Waals surface area contributed by atoms with Gasteiger partial charge in [0.1, 0.15) is 0 Å². The van der Waals surface area contributed by atoms with E-state index in [1.165, 1.54) is 38.9 Å². The molecule has 0 aromatic heterocycles. The molecule has 3 aliphatic rings. The molecule has 37 heavy (non-hydrogen) atoms. The van der Waals surface area contributed by atoms with Gasteiger partial charge < -0.3 is 0 Å². The first kappa shape index (κ1) is 21.2. The largest absolute Gasteiger partial charge is 0.218 e. The summed E-state index contributed by atoms with van der Waals surface area (Å²) in [6.45, 7) is 4.53. The van der Waals surface area contributed by atoms with E-state index >= 15 is 0 Å². The van der Waals surface area contributed by atoms with Gasteiger partial charge in [-0.3, -0.25) is 0 Å². The summed E-state index contributed by atoms with van der Waals surface area (Å²) < 4.78 is 26.8. The quantitative estimate of drug-likeness (QED) is 0.231. The maximum atomic E-state index is 13.4. The van der Waals surface area contributed by atoms with E-state index in [0.717, 1.165) is 22.3 Å². The molecule has 3 heteroatoms. The molecule has 1 aliphatic heterocycles. The van der Waals surface area contributed by atoms with Crippen LogP contribution in [-0.4, -0.2) is 8.42 Å². The van der Waals surface area contributed by atoms with E-state index in [4.69, 9.17) is 0 Å². The van der Waals surface area contributed by atoms with Crippen LogP contribution in [0.4, 0.5) is 0 Å². The van der Waals surface area contributed by atoms with Gasteiger partial charge >= 0.3 is 0 Å². The van der Waals surface area contributed by atoms with Crippen molar-refractivity contribution >= 4 is 9.84 Å². The first-order chi connectivity index (χ1) is 17.9. The first-order valence-electron chi connectivity index (χ1n) is 12.7. The van der Waals surface area contributed by atoms with Gasteiger partial charge in [-0.05, 0) is 68.3 Å². The van der Waals surface area contributed by atoms with Gasteiger partial charge in [0.05, 0.1) is 9.79 Å². The van der Waals surface area contributed by atoms with Crippen molar-refractivity contribution in [1.29, 1.82) is 0 Å². The normalized spacial score (nSPS) is 16.9. The van der Waals surface area contributed by atoms with Gasteiger partial charge in [0.15, 0.2) is 0 Å². The monoisotopic (exact) mass is 496 g/mol. The summed E-state index contributed by atoms with van der Waals surface area (Å²) in [5.41, 5.74) is 12.6. The van der Waals surface area contributed by atoms with Crippen LogP contribution in [0.1, 0.15) is 47.6 Å². The van der Waals surface area contributed by atoms with Crippen molar-refractivity contribution in [3.05, 3.63) is 131 Å². The highest BCUT2D eigenvalue weighted by atomic mass is 32.2. The Kier molecular flexibility index (Phi) is 3.93. The second kappa shape index (κ2) is 6.87. The zero-order chi connectivity index (χ0) is 25.1. The lowest BCUT2D eigenvalue weighted by molar-refractivity contribution is 0.598. The Labute approximate surface area is 217 Å². The van der Waals surface area contributed by atoms with Crippen molar-refractivity contribution in [1.82, 2.24) is 0 Å². The van der Waals surface area contributed by atoms with E-state index in [-0.39, 0.29) is 11.3 Å². The molecule has 0 spiro atoms. The van der Waals surface area contributed by atoms with Crippen LogP contribution in [0, 0.1) is 0 Å². The van der Waals surface area contributed by atoms with Gasteiger partial charge in [-0.1, -0.05) is 98.8 Å². The minimum absolute atomic E-state index is 0.189. The molecule has 0 fully saturated rings. The molecule has 0 N–H and O–H groups in total. The van der Waals surface area contributed by atoms with Crippen molar-refractivity contribution in [3.63, 3.8) is 0 Å². The highest BCUT2D eigenvalue weighted by Crippen LogP contribution is 2.55. The third-order valence-electron chi connectivity index (χ3n) is 8.72. The summed E-state index contributed by atoms with van der Waals surface area (Å²) in [5.74, 6) is 0.189.